The summed E-state index contributed by atoms with van der Waals surface area (Å²) >= 11 is 0. The molecule has 2 aliphatic carbocycles. The Labute approximate surface area is 116 Å². The Hall–Kier alpha value is -0.770. The smallest absolute Gasteiger partial charge is 0.193 e. The van der Waals surface area contributed by atoms with Gasteiger partial charge in [0.25, 0.3) is 0 Å². The number of aliphatic imine (C=N–C) groups is 1. The molecular weight excluding hydrogens is 238 g/mol. The van der Waals surface area contributed by atoms with Crippen molar-refractivity contribution in [1.29, 1.82) is 0 Å². The molecule has 1 saturated heterocycles. The molecule has 0 bridgehead atoms. The van der Waals surface area contributed by atoms with Gasteiger partial charge in [-0.05, 0) is 49.9 Å². The molecule has 1 heterocycles. The Morgan fingerprint density at radius 2 is 1.95 bits per heavy atom. The van der Waals surface area contributed by atoms with E-state index in [4.69, 9.17) is 0 Å². The van der Waals surface area contributed by atoms with Gasteiger partial charge in [0.1, 0.15) is 0 Å². The van der Waals surface area contributed by atoms with E-state index in [0.29, 0.717) is 5.41 Å². The molecule has 0 aromatic carbocycles. The monoisotopic (exact) mass is 265 g/mol. The van der Waals surface area contributed by atoms with Crippen molar-refractivity contribution in [2.75, 3.05) is 26.7 Å². The number of aliphatic hydroxyl groups is 1. The number of nitrogens with zero attached hydrogens (tertiary/aromatic N) is 2. The largest absolute Gasteiger partial charge is 0.393 e. The van der Waals surface area contributed by atoms with E-state index >= 15 is 0 Å². The highest BCUT2D eigenvalue weighted by molar-refractivity contribution is 5.80. The average molecular weight is 265 g/mol. The summed E-state index contributed by atoms with van der Waals surface area (Å²) in [6.07, 6.45) is 8.72. The normalized spacial score (nSPS) is 28.1. The molecule has 2 N–H and O–H groups in total. The van der Waals surface area contributed by atoms with Gasteiger partial charge in [-0.2, -0.15) is 0 Å². The maximum Gasteiger partial charge on any atom is 0.193 e. The number of aliphatic hydroxyl groups excluding tert-OH is 1. The molecule has 0 radical (unpaired) electrons. The summed E-state index contributed by atoms with van der Waals surface area (Å²) < 4.78 is 0. The van der Waals surface area contributed by atoms with Crippen molar-refractivity contribution in [3.05, 3.63) is 0 Å². The Morgan fingerprint density at radius 1 is 1.26 bits per heavy atom. The minimum absolute atomic E-state index is 0.112. The van der Waals surface area contributed by atoms with Crippen molar-refractivity contribution < 1.29 is 5.11 Å². The van der Waals surface area contributed by atoms with Crippen LogP contribution in [0.5, 0.6) is 0 Å². The van der Waals surface area contributed by atoms with Crippen molar-refractivity contribution in [3.63, 3.8) is 0 Å². The van der Waals surface area contributed by atoms with E-state index in [1.165, 1.54) is 32.1 Å². The SMILES string of the molecule is CN=C(NCC1(C2CC2)CCC1)N1CCC(O)CC1. The summed E-state index contributed by atoms with van der Waals surface area (Å²) in [7, 11) is 1.87. The summed E-state index contributed by atoms with van der Waals surface area (Å²) in [5, 5.41) is 13.2. The molecule has 3 fully saturated rings. The molecule has 3 aliphatic rings. The Morgan fingerprint density at radius 3 is 2.42 bits per heavy atom. The molecule has 0 aromatic heterocycles. The predicted molar refractivity (Wildman–Crippen MR) is 77.2 cm³/mol. The molecule has 0 amide bonds. The van der Waals surface area contributed by atoms with Crippen LogP contribution in [0, 0.1) is 11.3 Å². The van der Waals surface area contributed by atoms with Gasteiger partial charge < -0.3 is 15.3 Å². The van der Waals surface area contributed by atoms with Crippen LogP contribution in [0.2, 0.25) is 0 Å². The van der Waals surface area contributed by atoms with Gasteiger partial charge in [-0.15, -0.1) is 0 Å². The average Bonchev–Trinajstić information content (AvgIpc) is 3.19. The van der Waals surface area contributed by atoms with Gasteiger partial charge >= 0.3 is 0 Å². The summed E-state index contributed by atoms with van der Waals surface area (Å²) in [5.74, 6) is 2.02. The third-order valence-electron chi connectivity index (χ3n) is 5.37. The maximum atomic E-state index is 9.58. The number of hydrogen-bond donors (Lipinski definition) is 2. The zero-order chi connectivity index (χ0) is 13.3. The topological polar surface area (TPSA) is 47.9 Å². The second-order valence-electron chi connectivity index (χ2n) is 6.61. The Bertz CT molecular complexity index is 339. The lowest BCUT2D eigenvalue weighted by molar-refractivity contribution is 0.0967. The van der Waals surface area contributed by atoms with Crippen molar-refractivity contribution in [2.45, 2.75) is 51.0 Å². The molecule has 0 aromatic rings. The molecule has 19 heavy (non-hydrogen) atoms. The maximum absolute atomic E-state index is 9.58. The van der Waals surface area contributed by atoms with Crippen molar-refractivity contribution in [2.24, 2.45) is 16.3 Å². The summed E-state index contributed by atoms with van der Waals surface area (Å²) in [6, 6.07) is 0. The molecular formula is C15H27N3O. The van der Waals surface area contributed by atoms with E-state index in [2.05, 4.69) is 15.2 Å². The summed E-state index contributed by atoms with van der Waals surface area (Å²) in [4.78, 5) is 6.73. The van der Waals surface area contributed by atoms with Crippen LogP contribution in [-0.4, -0.2) is 48.8 Å². The van der Waals surface area contributed by atoms with Crippen LogP contribution in [0.4, 0.5) is 0 Å². The second-order valence-corrected chi connectivity index (χ2v) is 6.61. The number of likely N-dealkylation sites (tertiary alicyclic amines) is 1. The Balaban J connectivity index is 1.52. The minimum Gasteiger partial charge on any atom is -0.393 e. The summed E-state index contributed by atoms with van der Waals surface area (Å²) in [6.45, 7) is 2.96. The first-order valence-corrected chi connectivity index (χ1v) is 7.87. The third-order valence-corrected chi connectivity index (χ3v) is 5.37. The second kappa shape index (κ2) is 5.31. The zero-order valence-electron chi connectivity index (χ0n) is 12.1. The molecule has 4 nitrogen and oxygen atoms in total. The molecule has 108 valence electrons. The van der Waals surface area contributed by atoms with Crippen LogP contribution >= 0.6 is 0 Å². The zero-order valence-corrected chi connectivity index (χ0v) is 12.1. The number of hydrogen-bond acceptors (Lipinski definition) is 2. The number of piperidine rings is 1. The van der Waals surface area contributed by atoms with Crippen molar-refractivity contribution in [3.8, 4) is 0 Å². The van der Waals surface area contributed by atoms with Crippen LogP contribution in [0.3, 0.4) is 0 Å². The first-order chi connectivity index (χ1) is 9.23. The van der Waals surface area contributed by atoms with Gasteiger partial charge in [-0.25, -0.2) is 0 Å². The molecule has 1 aliphatic heterocycles. The lowest BCUT2D eigenvalue weighted by Crippen LogP contribution is -2.51. The highest BCUT2D eigenvalue weighted by Crippen LogP contribution is 2.56. The van der Waals surface area contributed by atoms with Gasteiger partial charge in [0.15, 0.2) is 5.96 Å². The van der Waals surface area contributed by atoms with Gasteiger partial charge in [0.05, 0.1) is 6.10 Å². The van der Waals surface area contributed by atoms with Crippen LogP contribution < -0.4 is 5.32 Å². The highest BCUT2D eigenvalue weighted by atomic mass is 16.3. The summed E-state index contributed by atoms with van der Waals surface area (Å²) in [5.41, 5.74) is 0.589. The number of rotatable bonds is 3. The van der Waals surface area contributed by atoms with Crippen LogP contribution in [0.25, 0.3) is 0 Å². The molecule has 2 saturated carbocycles. The van der Waals surface area contributed by atoms with Gasteiger partial charge in [0.2, 0.25) is 0 Å². The molecule has 0 spiro atoms. The fraction of sp³-hybridized carbons (Fsp3) is 0.933. The van der Waals surface area contributed by atoms with E-state index in [9.17, 15) is 5.11 Å². The van der Waals surface area contributed by atoms with E-state index in [1.54, 1.807) is 0 Å². The molecule has 3 rings (SSSR count). The standard InChI is InChI=1S/C15H27N3O/c1-16-14(18-9-5-13(19)6-10-18)17-11-15(7-2-8-15)12-3-4-12/h12-13,19H,2-11H2,1H3,(H,16,17). The van der Waals surface area contributed by atoms with E-state index in [0.717, 1.165) is 44.4 Å². The predicted octanol–water partition coefficient (Wildman–Crippen LogP) is 1.60. The fourth-order valence-electron chi connectivity index (χ4n) is 3.72. The van der Waals surface area contributed by atoms with Crippen LogP contribution in [0.1, 0.15) is 44.9 Å². The first-order valence-electron chi connectivity index (χ1n) is 7.87. The first kappa shape index (κ1) is 13.2. The molecule has 0 atom stereocenters. The van der Waals surface area contributed by atoms with Gasteiger partial charge in [0, 0.05) is 26.7 Å². The van der Waals surface area contributed by atoms with Crippen molar-refractivity contribution in [1.82, 2.24) is 10.2 Å². The van der Waals surface area contributed by atoms with E-state index in [1.807, 2.05) is 7.05 Å². The minimum atomic E-state index is -0.112. The van der Waals surface area contributed by atoms with Crippen molar-refractivity contribution >= 4 is 5.96 Å². The van der Waals surface area contributed by atoms with Gasteiger partial charge in [-0.3, -0.25) is 4.99 Å². The highest BCUT2D eigenvalue weighted by Gasteiger charge is 2.48. The lowest BCUT2D eigenvalue weighted by Gasteiger charge is -2.44. The number of guanidine groups is 1. The van der Waals surface area contributed by atoms with Gasteiger partial charge in [-0.1, -0.05) is 6.42 Å². The fourth-order valence-corrected chi connectivity index (χ4v) is 3.72. The lowest BCUT2D eigenvalue weighted by atomic mass is 9.65. The van der Waals surface area contributed by atoms with E-state index < -0.39 is 0 Å². The number of nitrogens with one attached hydrogen (secondary N) is 1. The van der Waals surface area contributed by atoms with E-state index in [-0.39, 0.29) is 6.10 Å². The molecule has 0 unspecified atom stereocenters. The quantitative estimate of drug-likeness (QED) is 0.602. The van der Waals surface area contributed by atoms with Crippen LogP contribution in [-0.2, 0) is 0 Å². The molecule has 4 heteroatoms. The van der Waals surface area contributed by atoms with Crippen LogP contribution in [0.15, 0.2) is 4.99 Å². The third kappa shape index (κ3) is 2.73. The Kier molecular flexibility index (Phi) is 3.70.